The van der Waals surface area contributed by atoms with Gasteiger partial charge in [0, 0.05) is 19.6 Å². The second-order valence-corrected chi connectivity index (χ2v) is 5.66. The smallest absolute Gasteiger partial charge is 0.328 e. The molecule has 3 heterocycles. The van der Waals surface area contributed by atoms with Gasteiger partial charge in [-0.05, 0) is 12.8 Å². The molecular weight excluding hydrogens is 278 g/mol. The zero-order valence-electron chi connectivity index (χ0n) is 11.7. The standard InChI is InChI=1S/C13H19N3O5/c17-11-8-2-1-3-15(9(8)6-14-11)13(20)16-4-5-21-7-10(16)12(18)19/h8-10H,1-7H2,(H,14,17)(H,18,19). The first kappa shape index (κ1) is 14.1. The van der Waals surface area contributed by atoms with Crippen LogP contribution in [0.2, 0.25) is 0 Å². The van der Waals surface area contributed by atoms with Crippen LogP contribution in [0.25, 0.3) is 0 Å². The lowest BCUT2D eigenvalue weighted by molar-refractivity contribution is -0.148. The highest BCUT2D eigenvalue weighted by Crippen LogP contribution is 2.28. The van der Waals surface area contributed by atoms with Gasteiger partial charge in [-0.1, -0.05) is 0 Å². The first-order chi connectivity index (χ1) is 10.1. The number of rotatable bonds is 1. The van der Waals surface area contributed by atoms with Crippen molar-refractivity contribution in [2.24, 2.45) is 5.92 Å². The van der Waals surface area contributed by atoms with E-state index in [0.29, 0.717) is 19.7 Å². The van der Waals surface area contributed by atoms with Crippen LogP contribution in [0.4, 0.5) is 4.79 Å². The first-order valence-electron chi connectivity index (χ1n) is 7.25. The van der Waals surface area contributed by atoms with Crippen LogP contribution in [0.15, 0.2) is 0 Å². The summed E-state index contributed by atoms with van der Waals surface area (Å²) in [6.07, 6.45) is 1.55. The fourth-order valence-corrected chi connectivity index (χ4v) is 3.39. The number of carboxylic acid groups (broad SMARTS) is 1. The number of piperidine rings is 1. The zero-order valence-corrected chi connectivity index (χ0v) is 11.7. The fraction of sp³-hybridized carbons (Fsp3) is 0.769. The van der Waals surface area contributed by atoms with Gasteiger partial charge in [0.05, 0.1) is 25.2 Å². The number of ether oxygens (including phenoxy) is 1. The summed E-state index contributed by atoms with van der Waals surface area (Å²) in [5.41, 5.74) is 0. The molecule has 8 nitrogen and oxygen atoms in total. The lowest BCUT2D eigenvalue weighted by Gasteiger charge is -2.42. The van der Waals surface area contributed by atoms with E-state index in [9.17, 15) is 19.5 Å². The van der Waals surface area contributed by atoms with Gasteiger partial charge in [-0.15, -0.1) is 0 Å². The van der Waals surface area contributed by atoms with Gasteiger partial charge < -0.3 is 25.0 Å². The molecule has 0 aromatic rings. The number of urea groups is 1. The van der Waals surface area contributed by atoms with Crippen molar-refractivity contribution in [3.8, 4) is 0 Å². The number of nitrogens with zero attached hydrogens (tertiary/aromatic N) is 2. The molecule has 3 rings (SSSR count). The van der Waals surface area contributed by atoms with Crippen LogP contribution in [0.3, 0.4) is 0 Å². The SMILES string of the molecule is O=C1NCC2C1CCCN2C(=O)N1CCOCC1C(=O)O. The lowest BCUT2D eigenvalue weighted by Crippen LogP contribution is -2.60. The summed E-state index contributed by atoms with van der Waals surface area (Å²) in [4.78, 5) is 38.8. The van der Waals surface area contributed by atoms with Crippen LogP contribution in [-0.2, 0) is 14.3 Å². The number of fused-ring (bicyclic) bond motifs is 1. The summed E-state index contributed by atoms with van der Waals surface area (Å²) in [5.74, 6) is -1.22. The monoisotopic (exact) mass is 297 g/mol. The summed E-state index contributed by atoms with van der Waals surface area (Å²) in [6, 6.07) is -1.40. The van der Waals surface area contributed by atoms with E-state index in [1.165, 1.54) is 4.90 Å². The van der Waals surface area contributed by atoms with E-state index in [-0.39, 0.29) is 37.0 Å². The highest BCUT2D eigenvalue weighted by Gasteiger charge is 2.45. The normalized spacial score (nSPS) is 32.6. The number of amides is 3. The molecule has 3 atom stereocenters. The molecule has 3 amide bonds. The Morgan fingerprint density at radius 1 is 1.29 bits per heavy atom. The summed E-state index contributed by atoms with van der Waals surface area (Å²) in [7, 11) is 0. The van der Waals surface area contributed by atoms with Crippen molar-refractivity contribution in [3.05, 3.63) is 0 Å². The molecule has 8 heteroatoms. The van der Waals surface area contributed by atoms with Crippen molar-refractivity contribution >= 4 is 17.9 Å². The Balaban J connectivity index is 1.77. The van der Waals surface area contributed by atoms with Crippen molar-refractivity contribution in [3.63, 3.8) is 0 Å². The van der Waals surface area contributed by atoms with Gasteiger partial charge in [0.15, 0.2) is 6.04 Å². The second kappa shape index (κ2) is 5.51. The molecule has 0 radical (unpaired) electrons. The molecule has 3 saturated heterocycles. The lowest BCUT2D eigenvalue weighted by atomic mass is 9.91. The summed E-state index contributed by atoms with van der Waals surface area (Å²) >= 11 is 0. The number of carboxylic acids is 1. The van der Waals surface area contributed by atoms with Crippen LogP contribution in [0.1, 0.15) is 12.8 Å². The molecule has 2 N–H and O–H groups in total. The van der Waals surface area contributed by atoms with E-state index in [1.54, 1.807) is 4.90 Å². The van der Waals surface area contributed by atoms with E-state index in [2.05, 4.69) is 5.32 Å². The maximum absolute atomic E-state index is 12.7. The number of likely N-dealkylation sites (tertiary alicyclic amines) is 1. The van der Waals surface area contributed by atoms with Crippen LogP contribution >= 0.6 is 0 Å². The molecule has 0 saturated carbocycles. The van der Waals surface area contributed by atoms with Gasteiger partial charge in [-0.25, -0.2) is 9.59 Å². The maximum Gasteiger partial charge on any atom is 0.328 e. The average Bonchev–Trinajstić information content (AvgIpc) is 2.88. The number of hydrogen-bond acceptors (Lipinski definition) is 4. The summed E-state index contributed by atoms with van der Waals surface area (Å²) in [6.45, 7) is 1.65. The Kier molecular flexibility index (Phi) is 3.71. The van der Waals surface area contributed by atoms with Crippen molar-refractivity contribution in [1.82, 2.24) is 15.1 Å². The molecule has 0 aromatic carbocycles. The van der Waals surface area contributed by atoms with Crippen LogP contribution in [0.5, 0.6) is 0 Å². The zero-order chi connectivity index (χ0) is 15.0. The van der Waals surface area contributed by atoms with Crippen LogP contribution in [-0.4, -0.2) is 77.7 Å². The maximum atomic E-state index is 12.7. The molecule has 21 heavy (non-hydrogen) atoms. The van der Waals surface area contributed by atoms with Gasteiger partial charge in [0.25, 0.3) is 0 Å². The summed E-state index contributed by atoms with van der Waals surface area (Å²) in [5, 5.41) is 12.0. The molecule has 0 bridgehead atoms. The Labute approximate surface area is 122 Å². The first-order valence-corrected chi connectivity index (χ1v) is 7.25. The molecule has 3 aliphatic rings. The van der Waals surface area contributed by atoms with Gasteiger partial charge in [-0.3, -0.25) is 4.79 Å². The molecule has 0 spiro atoms. The van der Waals surface area contributed by atoms with Gasteiger partial charge >= 0.3 is 12.0 Å². The number of nitrogens with one attached hydrogen (secondary N) is 1. The Morgan fingerprint density at radius 2 is 2.10 bits per heavy atom. The molecule has 3 unspecified atom stereocenters. The molecule has 3 fully saturated rings. The third-order valence-corrected chi connectivity index (χ3v) is 4.51. The minimum Gasteiger partial charge on any atom is -0.480 e. The van der Waals surface area contributed by atoms with Gasteiger partial charge in [0.1, 0.15) is 0 Å². The van der Waals surface area contributed by atoms with Crippen LogP contribution in [0, 0.1) is 5.92 Å². The third-order valence-electron chi connectivity index (χ3n) is 4.51. The molecule has 116 valence electrons. The number of carbonyl (C=O) groups excluding carboxylic acids is 2. The van der Waals surface area contributed by atoms with E-state index >= 15 is 0 Å². The molecule has 3 aliphatic heterocycles. The molecular formula is C13H19N3O5. The van der Waals surface area contributed by atoms with Gasteiger partial charge in [-0.2, -0.15) is 0 Å². The quantitative estimate of drug-likeness (QED) is 0.653. The summed E-state index contributed by atoms with van der Waals surface area (Å²) < 4.78 is 5.16. The number of carbonyl (C=O) groups is 3. The van der Waals surface area contributed by atoms with E-state index < -0.39 is 12.0 Å². The Morgan fingerprint density at radius 3 is 2.86 bits per heavy atom. The Hall–Kier alpha value is -1.83. The highest BCUT2D eigenvalue weighted by atomic mass is 16.5. The van der Waals surface area contributed by atoms with Crippen molar-refractivity contribution < 1.29 is 24.2 Å². The van der Waals surface area contributed by atoms with E-state index in [0.717, 1.165) is 12.8 Å². The number of aliphatic carboxylic acids is 1. The van der Waals surface area contributed by atoms with Crippen LogP contribution < -0.4 is 5.32 Å². The van der Waals surface area contributed by atoms with E-state index in [1.807, 2.05) is 0 Å². The van der Waals surface area contributed by atoms with Crippen molar-refractivity contribution in [1.29, 1.82) is 0 Å². The third kappa shape index (κ3) is 2.44. The Bertz CT molecular complexity index is 469. The van der Waals surface area contributed by atoms with Crippen molar-refractivity contribution in [2.45, 2.75) is 24.9 Å². The predicted octanol–water partition coefficient (Wildman–Crippen LogP) is -0.898. The largest absolute Gasteiger partial charge is 0.480 e. The van der Waals surface area contributed by atoms with Crippen molar-refractivity contribution in [2.75, 3.05) is 32.8 Å². The van der Waals surface area contributed by atoms with Gasteiger partial charge in [0.2, 0.25) is 5.91 Å². The fourth-order valence-electron chi connectivity index (χ4n) is 3.39. The van der Waals surface area contributed by atoms with E-state index in [4.69, 9.17) is 4.74 Å². The minimum atomic E-state index is -1.06. The number of hydrogen-bond donors (Lipinski definition) is 2. The molecule has 0 aromatic heterocycles. The topological polar surface area (TPSA) is 99.2 Å². The molecule has 0 aliphatic carbocycles. The number of morpholine rings is 1. The second-order valence-electron chi connectivity index (χ2n) is 5.66. The minimum absolute atomic E-state index is 0.00531. The average molecular weight is 297 g/mol. The predicted molar refractivity (Wildman–Crippen MR) is 70.6 cm³/mol. The highest BCUT2D eigenvalue weighted by molar-refractivity contribution is 5.86.